The van der Waals surface area contributed by atoms with Crippen LogP contribution in [0.4, 0.5) is 16.2 Å². The maximum absolute atomic E-state index is 11.8. The summed E-state index contributed by atoms with van der Waals surface area (Å²) in [7, 11) is 1.63. The molecule has 0 atom stereocenters. The zero-order valence-electron chi connectivity index (χ0n) is 12.2. The van der Waals surface area contributed by atoms with Crippen molar-refractivity contribution in [3.8, 4) is 5.75 Å². The first kappa shape index (κ1) is 16.0. The summed E-state index contributed by atoms with van der Waals surface area (Å²) < 4.78 is 5.16. The van der Waals surface area contributed by atoms with Crippen LogP contribution in [0, 0.1) is 0 Å². The summed E-state index contributed by atoms with van der Waals surface area (Å²) in [5.41, 5.74) is 7.78. The second kappa shape index (κ2) is 7.56. The lowest BCUT2D eigenvalue weighted by Gasteiger charge is -2.09. The quantitative estimate of drug-likeness (QED) is 0.740. The van der Waals surface area contributed by atoms with Crippen LogP contribution in [0.3, 0.4) is 0 Å². The van der Waals surface area contributed by atoms with Gasteiger partial charge < -0.3 is 21.1 Å². The van der Waals surface area contributed by atoms with Crippen LogP contribution < -0.4 is 21.1 Å². The Labute approximate surface area is 134 Å². The van der Waals surface area contributed by atoms with Crippen LogP contribution in [0.15, 0.2) is 42.5 Å². The summed E-state index contributed by atoms with van der Waals surface area (Å²) in [5.74, 6) is 0.804. The molecule has 22 heavy (non-hydrogen) atoms. The summed E-state index contributed by atoms with van der Waals surface area (Å²) in [4.78, 5) is 11.8. The van der Waals surface area contributed by atoms with Crippen LogP contribution in [0.5, 0.6) is 5.75 Å². The molecule has 0 aliphatic rings. The highest BCUT2D eigenvalue weighted by Gasteiger charge is 2.04. The van der Waals surface area contributed by atoms with Gasteiger partial charge in [-0.05, 0) is 42.3 Å². The molecule has 2 amide bonds. The van der Waals surface area contributed by atoms with Crippen molar-refractivity contribution in [3.63, 3.8) is 0 Å². The van der Waals surface area contributed by atoms with Gasteiger partial charge in [0.25, 0.3) is 0 Å². The molecule has 5 nitrogen and oxygen atoms in total. The van der Waals surface area contributed by atoms with Crippen LogP contribution in [0.2, 0.25) is 5.02 Å². The zero-order chi connectivity index (χ0) is 15.9. The Hall–Kier alpha value is -2.40. The fourth-order valence-corrected chi connectivity index (χ4v) is 2.11. The monoisotopic (exact) mass is 319 g/mol. The van der Waals surface area contributed by atoms with E-state index in [0.717, 1.165) is 11.3 Å². The van der Waals surface area contributed by atoms with E-state index in [1.165, 1.54) is 0 Å². The van der Waals surface area contributed by atoms with E-state index >= 15 is 0 Å². The molecule has 0 aliphatic heterocycles. The normalized spacial score (nSPS) is 10.1. The number of nitrogens with two attached hydrogens (primary N) is 1. The summed E-state index contributed by atoms with van der Waals surface area (Å²) >= 11 is 5.90. The number of methoxy groups -OCH3 is 1. The number of ether oxygens (including phenoxy) is 1. The van der Waals surface area contributed by atoms with Crippen LogP contribution in [0.25, 0.3) is 0 Å². The van der Waals surface area contributed by atoms with Gasteiger partial charge in [0.1, 0.15) is 5.75 Å². The molecule has 0 unspecified atom stereocenters. The maximum Gasteiger partial charge on any atom is 0.319 e. The standard InChI is InChI=1S/C16H18ClN3O2/c1-22-13-4-2-3-11(9-13)7-8-19-16(21)20-12-5-6-15(18)14(17)10-12/h2-6,9-10H,7-8,18H2,1H3,(H2,19,20,21). The second-order valence-corrected chi connectivity index (χ2v) is 5.13. The molecule has 0 spiro atoms. The predicted molar refractivity (Wildman–Crippen MR) is 89.6 cm³/mol. The molecular formula is C16H18ClN3O2. The first-order chi connectivity index (χ1) is 10.6. The Balaban J connectivity index is 1.81. The summed E-state index contributed by atoms with van der Waals surface area (Å²) in [6.45, 7) is 0.516. The van der Waals surface area contributed by atoms with E-state index in [0.29, 0.717) is 29.4 Å². The minimum atomic E-state index is -0.288. The molecule has 0 saturated carbocycles. The molecule has 0 aromatic heterocycles. The summed E-state index contributed by atoms with van der Waals surface area (Å²) in [6, 6.07) is 12.4. The van der Waals surface area contributed by atoms with E-state index in [9.17, 15) is 4.79 Å². The van der Waals surface area contributed by atoms with Crippen molar-refractivity contribution in [3.05, 3.63) is 53.1 Å². The lowest BCUT2D eigenvalue weighted by molar-refractivity contribution is 0.252. The van der Waals surface area contributed by atoms with Gasteiger partial charge in [0.2, 0.25) is 0 Å². The number of hydrogen-bond acceptors (Lipinski definition) is 3. The minimum absolute atomic E-state index is 0.288. The number of urea groups is 1. The van der Waals surface area contributed by atoms with Gasteiger partial charge >= 0.3 is 6.03 Å². The van der Waals surface area contributed by atoms with Crippen LogP contribution in [0.1, 0.15) is 5.56 Å². The molecule has 0 saturated heterocycles. The number of nitrogen functional groups attached to an aromatic ring is 1. The Morgan fingerprint density at radius 1 is 1.27 bits per heavy atom. The summed E-state index contributed by atoms with van der Waals surface area (Å²) in [6.07, 6.45) is 0.715. The first-order valence-electron chi connectivity index (χ1n) is 6.81. The zero-order valence-corrected chi connectivity index (χ0v) is 13.0. The Morgan fingerprint density at radius 3 is 2.82 bits per heavy atom. The molecule has 0 bridgehead atoms. The van der Waals surface area contributed by atoms with Gasteiger partial charge in [-0.2, -0.15) is 0 Å². The Kier molecular flexibility index (Phi) is 5.49. The number of anilines is 2. The van der Waals surface area contributed by atoms with Gasteiger partial charge in [-0.15, -0.1) is 0 Å². The third-order valence-corrected chi connectivity index (χ3v) is 3.42. The molecule has 2 aromatic carbocycles. The minimum Gasteiger partial charge on any atom is -0.497 e. The number of hydrogen-bond donors (Lipinski definition) is 3. The van der Waals surface area contributed by atoms with E-state index < -0.39 is 0 Å². The van der Waals surface area contributed by atoms with E-state index in [2.05, 4.69) is 10.6 Å². The van der Waals surface area contributed by atoms with E-state index in [4.69, 9.17) is 22.1 Å². The van der Waals surface area contributed by atoms with E-state index in [1.54, 1.807) is 25.3 Å². The molecule has 2 rings (SSSR count). The average molecular weight is 320 g/mol. The highest BCUT2D eigenvalue weighted by atomic mass is 35.5. The molecule has 0 aliphatic carbocycles. The number of benzene rings is 2. The number of rotatable bonds is 5. The lowest BCUT2D eigenvalue weighted by atomic mass is 10.1. The van der Waals surface area contributed by atoms with Crippen LogP contribution in [-0.4, -0.2) is 19.7 Å². The molecule has 0 fully saturated rings. The first-order valence-corrected chi connectivity index (χ1v) is 7.19. The largest absolute Gasteiger partial charge is 0.497 e. The SMILES string of the molecule is COc1cccc(CCNC(=O)Nc2ccc(N)c(Cl)c2)c1. The highest BCUT2D eigenvalue weighted by molar-refractivity contribution is 6.33. The third-order valence-electron chi connectivity index (χ3n) is 3.09. The van der Waals surface area contributed by atoms with Gasteiger partial charge in [-0.1, -0.05) is 23.7 Å². The number of nitrogens with one attached hydrogen (secondary N) is 2. The van der Waals surface area contributed by atoms with Crippen molar-refractivity contribution >= 4 is 29.0 Å². The predicted octanol–water partition coefficient (Wildman–Crippen LogP) is 3.30. The molecule has 2 aromatic rings. The van der Waals surface area contributed by atoms with E-state index in [-0.39, 0.29) is 6.03 Å². The molecule has 6 heteroatoms. The number of carbonyl (C=O) groups excluding carboxylic acids is 1. The van der Waals surface area contributed by atoms with Gasteiger partial charge in [0.15, 0.2) is 0 Å². The van der Waals surface area contributed by atoms with Crippen molar-refractivity contribution < 1.29 is 9.53 Å². The highest BCUT2D eigenvalue weighted by Crippen LogP contribution is 2.22. The average Bonchev–Trinajstić information content (AvgIpc) is 2.51. The number of halogens is 1. The van der Waals surface area contributed by atoms with Crippen LogP contribution in [-0.2, 0) is 6.42 Å². The van der Waals surface area contributed by atoms with Gasteiger partial charge in [0, 0.05) is 12.2 Å². The van der Waals surface area contributed by atoms with Crippen molar-refractivity contribution in [2.75, 3.05) is 24.7 Å². The fraction of sp³-hybridized carbons (Fsp3) is 0.188. The third kappa shape index (κ3) is 4.56. The fourth-order valence-electron chi connectivity index (χ4n) is 1.93. The van der Waals surface area contributed by atoms with Crippen LogP contribution >= 0.6 is 11.6 Å². The molecular weight excluding hydrogens is 302 g/mol. The number of carbonyl (C=O) groups is 1. The van der Waals surface area contributed by atoms with Crippen molar-refractivity contribution in [1.82, 2.24) is 5.32 Å². The van der Waals surface area contributed by atoms with Gasteiger partial charge in [-0.3, -0.25) is 0 Å². The second-order valence-electron chi connectivity index (χ2n) is 4.72. The van der Waals surface area contributed by atoms with Gasteiger partial charge in [-0.25, -0.2) is 4.79 Å². The Morgan fingerprint density at radius 2 is 2.09 bits per heavy atom. The van der Waals surface area contributed by atoms with Crippen molar-refractivity contribution in [2.24, 2.45) is 0 Å². The van der Waals surface area contributed by atoms with E-state index in [1.807, 2.05) is 24.3 Å². The summed E-state index contributed by atoms with van der Waals surface area (Å²) in [5, 5.41) is 5.90. The number of amides is 2. The smallest absolute Gasteiger partial charge is 0.319 e. The Bertz CT molecular complexity index is 662. The van der Waals surface area contributed by atoms with Crippen molar-refractivity contribution in [1.29, 1.82) is 0 Å². The van der Waals surface area contributed by atoms with Crippen molar-refractivity contribution in [2.45, 2.75) is 6.42 Å². The van der Waals surface area contributed by atoms with Gasteiger partial charge in [0.05, 0.1) is 17.8 Å². The molecule has 0 radical (unpaired) electrons. The molecule has 4 N–H and O–H groups in total. The maximum atomic E-state index is 11.8. The molecule has 0 heterocycles. The lowest BCUT2D eigenvalue weighted by Crippen LogP contribution is -2.30. The molecule has 116 valence electrons. The topological polar surface area (TPSA) is 76.4 Å².